The lowest BCUT2D eigenvalue weighted by atomic mass is 9.96. The van der Waals surface area contributed by atoms with Crippen LogP contribution in [0.25, 0.3) is 5.69 Å². The Morgan fingerprint density at radius 1 is 0.974 bits per heavy atom. The quantitative estimate of drug-likeness (QED) is 0.284. The van der Waals surface area contributed by atoms with Gasteiger partial charge in [-0.15, -0.1) is 0 Å². The topological polar surface area (TPSA) is 166 Å². The number of hydrogen-bond donors (Lipinski definition) is 4. The molecular weight excluding hydrogens is 504 g/mol. The highest BCUT2D eigenvalue weighted by molar-refractivity contribution is 5.88. The van der Waals surface area contributed by atoms with Crippen LogP contribution in [0.5, 0.6) is 0 Å². The summed E-state index contributed by atoms with van der Waals surface area (Å²) in [4.78, 5) is 37.3. The fourth-order valence-electron chi connectivity index (χ4n) is 4.04. The molecule has 39 heavy (non-hydrogen) atoms. The van der Waals surface area contributed by atoms with Crippen molar-refractivity contribution in [2.75, 3.05) is 7.05 Å². The largest absolute Gasteiger partial charge is 0.481 e. The van der Waals surface area contributed by atoms with E-state index < -0.39 is 36.4 Å². The number of benzene rings is 1. The van der Waals surface area contributed by atoms with E-state index in [1.807, 2.05) is 12.3 Å². The van der Waals surface area contributed by atoms with E-state index in [1.54, 1.807) is 0 Å². The Hall–Kier alpha value is -4.09. The van der Waals surface area contributed by atoms with Crippen LogP contribution in [-0.4, -0.2) is 76.7 Å². The lowest BCUT2D eigenvalue weighted by Crippen LogP contribution is -2.42. The van der Waals surface area contributed by atoms with E-state index in [9.17, 15) is 14.4 Å². The third-order valence-corrected chi connectivity index (χ3v) is 6.46. The summed E-state index contributed by atoms with van der Waals surface area (Å²) in [7, 11) is 2.18. The summed E-state index contributed by atoms with van der Waals surface area (Å²) in [5, 5.41) is 38.6. The van der Waals surface area contributed by atoms with Gasteiger partial charge in [-0.3, -0.25) is 19.5 Å². The van der Waals surface area contributed by atoms with E-state index in [1.165, 1.54) is 16.8 Å². The number of carbonyl (C=O) groups is 3. The van der Waals surface area contributed by atoms with Crippen molar-refractivity contribution in [1.82, 2.24) is 19.7 Å². The van der Waals surface area contributed by atoms with Gasteiger partial charge in [0, 0.05) is 42.2 Å². The first-order chi connectivity index (χ1) is 18.2. The highest BCUT2D eigenvalue weighted by Gasteiger charge is 2.40. The van der Waals surface area contributed by atoms with Gasteiger partial charge >= 0.3 is 17.9 Å². The fourth-order valence-corrected chi connectivity index (χ4v) is 4.04. The van der Waals surface area contributed by atoms with E-state index in [2.05, 4.69) is 85.7 Å². The number of nitrogens with zero attached hydrogens (tertiary/aromatic N) is 4. The number of aryl methyl sites for hydroxylation is 2. The average Bonchev–Trinajstić information content (AvgIpc) is 3.12. The van der Waals surface area contributed by atoms with Gasteiger partial charge in [-0.25, -0.2) is 9.48 Å². The minimum Gasteiger partial charge on any atom is -0.481 e. The van der Waals surface area contributed by atoms with Crippen LogP contribution in [-0.2, 0) is 27.3 Å². The predicted molar refractivity (Wildman–Crippen MR) is 144 cm³/mol. The maximum Gasteiger partial charge on any atom is 0.336 e. The molecule has 3 aromatic rings. The minimum absolute atomic E-state index is 0.408. The summed E-state index contributed by atoms with van der Waals surface area (Å²) >= 11 is 0. The van der Waals surface area contributed by atoms with Gasteiger partial charge in [0.05, 0.1) is 24.2 Å². The molecule has 0 aliphatic rings. The molecule has 1 atom stereocenters. The van der Waals surface area contributed by atoms with Crippen molar-refractivity contribution in [3.8, 4) is 5.69 Å². The van der Waals surface area contributed by atoms with E-state index in [-0.39, 0.29) is 0 Å². The number of carboxylic acids is 3. The molecule has 3 rings (SSSR count). The van der Waals surface area contributed by atoms with Crippen LogP contribution in [0.2, 0.25) is 0 Å². The Kier molecular flexibility index (Phi) is 10.9. The number of aromatic nitrogens is 3. The summed E-state index contributed by atoms with van der Waals surface area (Å²) in [6.45, 7) is 9.54. The van der Waals surface area contributed by atoms with Crippen molar-refractivity contribution in [2.45, 2.75) is 65.1 Å². The molecule has 0 fully saturated rings. The van der Waals surface area contributed by atoms with Crippen molar-refractivity contribution < 1.29 is 34.8 Å². The summed E-state index contributed by atoms with van der Waals surface area (Å²) < 4.78 is 2.08. The lowest BCUT2D eigenvalue weighted by Gasteiger charge is -2.24. The van der Waals surface area contributed by atoms with Crippen molar-refractivity contribution in [3.63, 3.8) is 0 Å². The minimum atomic E-state index is -2.74. The molecule has 0 aliphatic carbocycles. The van der Waals surface area contributed by atoms with E-state index in [4.69, 9.17) is 25.5 Å². The molecule has 0 radical (unpaired) electrons. The molecule has 0 amide bonds. The van der Waals surface area contributed by atoms with Crippen molar-refractivity contribution in [2.24, 2.45) is 0 Å². The molecule has 0 spiro atoms. The molecule has 210 valence electrons. The first-order valence-electron chi connectivity index (χ1n) is 12.4. The molecule has 1 aromatic carbocycles. The lowest BCUT2D eigenvalue weighted by molar-refractivity contribution is -0.170. The van der Waals surface area contributed by atoms with Gasteiger partial charge in [0.2, 0.25) is 0 Å². The van der Waals surface area contributed by atoms with Crippen LogP contribution < -0.4 is 0 Å². The second-order valence-corrected chi connectivity index (χ2v) is 9.61. The van der Waals surface area contributed by atoms with Crippen molar-refractivity contribution >= 4 is 17.9 Å². The van der Waals surface area contributed by atoms with Crippen molar-refractivity contribution in [3.05, 3.63) is 76.9 Å². The van der Waals surface area contributed by atoms with E-state index in [0.29, 0.717) is 6.04 Å². The normalized spacial score (nSPS) is 12.0. The third kappa shape index (κ3) is 8.72. The Morgan fingerprint density at radius 2 is 1.56 bits per heavy atom. The van der Waals surface area contributed by atoms with E-state index >= 15 is 0 Å². The van der Waals surface area contributed by atoms with Crippen molar-refractivity contribution in [1.29, 1.82) is 0 Å². The molecule has 11 nitrogen and oxygen atoms in total. The molecule has 11 heteroatoms. The number of aliphatic carboxylic acids is 3. The summed E-state index contributed by atoms with van der Waals surface area (Å²) in [6, 6.07) is 14.9. The van der Waals surface area contributed by atoms with Crippen LogP contribution in [0.15, 0.2) is 48.7 Å². The predicted octanol–water partition coefficient (Wildman–Crippen LogP) is 3.01. The van der Waals surface area contributed by atoms with Gasteiger partial charge in [0.25, 0.3) is 0 Å². The maximum atomic E-state index is 10.3. The fraction of sp³-hybridized carbons (Fsp3) is 0.393. The van der Waals surface area contributed by atoms with Gasteiger partial charge in [-0.2, -0.15) is 5.10 Å². The number of hydrogen-bond acceptors (Lipinski definition) is 7. The Morgan fingerprint density at radius 3 is 2.08 bits per heavy atom. The maximum absolute atomic E-state index is 10.3. The highest BCUT2D eigenvalue weighted by Crippen LogP contribution is 2.22. The molecule has 0 saturated carbocycles. The molecule has 0 aliphatic heterocycles. The van der Waals surface area contributed by atoms with Crippen LogP contribution in [0.3, 0.4) is 0 Å². The molecular formula is C28H36N4O7. The summed E-state index contributed by atoms with van der Waals surface area (Å²) in [5.74, 6) is -5.02. The molecule has 2 heterocycles. The SMILES string of the molecule is Cc1ccccc1-n1nc(C)c(CN(C)C(C)Cc2ccccn2)c1C.O=C(O)CC(O)(CC(=O)O)C(=O)O. The Bertz CT molecular complexity index is 1270. The Balaban J connectivity index is 0.000000349. The second-order valence-electron chi connectivity index (χ2n) is 9.61. The van der Waals surface area contributed by atoms with Gasteiger partial charge in [0.1, 0.15) is 0 Å². The number of pyridine rings is 1. The number of rotatable bonds is 11. The van der Waals surface area contributed by atoms with Crippen LogP contribution in [0.4, 0.5) is 0 Å². The van der Waals surface area contributed by atoms with Crippen LogP contribution in [0, 0.1) is 20.8 Å². The number of carboxylic acid groups (broad SMARTS) is 3. The number of likely N-dealkylation sites (N-methyl/N-ethyl adjacent to an activating group) is 1. The molecule has 4 N–H and O–H groups in total. The van der Waals surface area contributed by atoms with Crippen LogP contribution in [0.1, 0.15) is 48.0 Å². The highest BCUT2D eigenvalue weighted by atomic mass is 16.4. The zero-order valence-corrected chi connectivity index (χ0v) is 22.8. The smallest absolute Gasteiger partial charge is 0.336 e. The Labute approximate surface area is 227 Å². The number of aliphatic hydroxyl groups is 1. The zero-order valence-electron chi connectivity index (χ0n) is 22.8. The average molecular weight is 541 g/mol. The first-order valence-corrected chi connectivity index (χ1v) is 12.4. The monoisotopic (exact) mass is 540 g/mol. The summed E-state index contributed by atoms with van der Waals surface area (Å²) in [6.07, 6.45) is 0.521. The standard InChI is InChI=1S/C22H28N4.C6H8O7/c1-16-10-6-7-12-22(16)26-19(4)21(18(3)24-26)15-25(5)17(2)14-20-11-8-9-13-23-20;7-3(8)1-6(13,5(11)12)2-4(9)10/h6-13,17H,14-15H2,1-5H3;13H,1-2H2,(H,7,8)(H,9,10)(H,11,12). The molecule has 0 bridgehead atoms. The second kappa shape index (κ2) is 13.6. The molecule has 0 saturated heterocycles. The van der Waals surface area contributed by atoms with Gasteiger partial charge in [-0.05, 0) is 58.5 Å². The van der Waals surface area contributed by atoms with Gasteiger partial charge in [-0.1, -0.05) is 24.3 Å². The molecule has 1 unspecified atom stereocenters. The molecule has 2 aromatic heterocycles. The number of para-hydroxylation sites is 1. The van der Waals surface area contributed by atoms with Gasteiger partial charge < -0.3 is 20.4 Å². The third-order valence-electron chi connectivity index (χ3n) is 6.46. The van der Waals surface area contributed by atoms with Crippen LogP contribution >= 0.6 is 0 Å². The van der Waals surface area contributed by atoms with E-state index in [0.717, 1.165) is 30.0 Å². The first kappa shape index (κ1) is 31.1. The van der Waals surface area contributed by atoms with Gasteiger partial charge in [0.15, 0.2) is 5.60 Å². The summed E-state index contributed by atoms with van der Waals surface area (Å²) in [5.41, 5.74) is 4.42. The zero-order chi connectivity index (χ0) is 29.3.